The van der Waals surface area contributed by atoms with Gasteiger partial charge in [-0.1, -0.05) is 42.5 Å². The van der Waals surface area contributed by atoms with Crippen LogP contribution in [0.3, 0.4) is 0 Å². The summed E-state index contributed by atoms with van der Waals surface area (Å²) >= 11 is 0. The fourth-order valence-electron chi connectivity index (χ4n) is 5.69. The zero-order valence-corrected chi connectivity index (χ0v) is 23.8. The maximum Gasteiger partial charge on any atom is 0.573 e. The molecule has 6 N–H and O–H groups in total. The fourth-order valence-corrected chi connectivity index (χ4v) is 5.69. The van der Waals surface area contributed by atoms with Gasteiger partial charge in [0.15, 0.2) is 0 Å². The van der Waals surface area contributed by atoms with Crippen LogP contribution in [0.5, 0.6) is 5.75 Å². The van der Waals surface area contributed by atoms with Crippen LogP contribution in [0, 0.1) is 0 Å². The van der Waals surface area contributed by atoms with Gasteiger partial charge in [0.2, 0.25) is 5.96 Å². The molecule has 0 aromatic heterocycles. The van der Waals surface area contributed by atoms with Crippen molar-refractivity contribution in [2.75, 3.05) is 24.5 Å². The highest BCUT2D eigenvalue weighted by Crippen LogP contribution is 2.40. The molecule has 232 valence electrons. The van der Waals surface area contributed by atoms with E-state index in [4.69, 9.17) is 11.7 Å². The maximum absolute atomic E-state index is 14.0. The number of piperidine rings is 1. The molecule has 0 unspecified atom stereocenters. The van der Waals surface area contributed by atoms with E-state index in [9.17, 15) is 22.8 Å². The number of guanidine groups is 1. The monoisotopic (exact) mass is 610 g/mol. The number of hydrazine groups is 1. The lowest BCUT2D eigenvalue weighted by atomic mass is 9.86. The summed E-state index contributed by atoms with van der Waals surface area (Å²) in [5.41, 5.74) is 4.52. The average Bonchev–Trinajstić information content (AvgIpc) is 3.27. The third kappa shape index (κ3) is 7.03. The Bertz CT molecular complexity index is 1480. The molecule has 5 rings (SSSR count). The first-order valence-corrected chi connectivity index (χ1v) is 14.0. The molecule has 2 aliphatic rings. The number of likely N-dealkylation sites (tertiary alicyclic amines) is 1. The molecule has 3 aromatic rings. The number of hydrogen-bond donors (Lipinski definition) is 4. The van der Waals surface area contributed by atoms with Crippen molar-refractivity contribution in [3.8, 4) is 5.75 Å². The summed E-state index contributed by atoms with van der Waals surface area (Å²) in [7, 11) is 0. The Labute approximate surface area is 252 Å². The van der Waals surface area contributed by atoms with Crippen molar-refractivity contribution in [1.82, 2.24) is 20.5 Å². The Morgan fingerprint density at radius 1 is 0.932 bits per heavy atom. The highest BCUT2D eigenvalue weighted by atomic mass is 19.4. The number of hydrogen-bond acceptors (Lipinski definition) is 7. The first-order valence-electron chi connectivity index (χ1n) is 14.0. The predicted octanol–water partition coefficient (Wildman–Crippen LogP) is 3.49. The Morgan fingerprint density at radius 2 is 1.57 bits per heavy atom. The van der Waals surface area contributed by atoms with E-state index in [1.165, 1.54) is 29.8 Å². The topological polar surface area (TPSA) is 142 Å². The van der Waals surface area contributed by atoms with E-state index in [1.54, 1.807) is 29.2 Å². The van der Waals surface area contributed by atoms with E-state index in [2.05, 4.69) is 37.6 Å². The minimum Gasteiger partial charge on any atom is -0.406 e. The number of halogens is 3. The third-order valence-corrected chi connectivity index (χ3v) is 7.96. The zero-order chi connectivity index (χ0) is 31.3. The number of nitrogens with two attached hydrogens (primary N) is 2. The molecular weight excluding hydrogens is 577 g/mol. The molecule has 3 aromatic carbocycles. The van der Waals surface area contributed by atoms with Crippen LogP contribution < -0.4 is 32.1 Å². The van der Waals surface area contributed by atoms with E-state index >= 15 is 0 Å². The number of amides is 3. The predicted molar refractivity (Wildman–Crippen MR) is 158 cm³/mol. The number of benzene rings is 3. The van der Waals surface area contributed by atoms with E-state index in [-0.39, 0.29) is 24.3 Å². The Hall–Kier alpha value is -4.82. The van der Waals surface area contributed by atoms with Crippen molar-refractivity contribution in [3.05, 3.63) is 95.6 Å². The zero-order valence-electron chi connectivity index (χ0n) is 23.8. The average molecular weight is 611 g/mol. The number of carbonyl (C=O) groups is 2. The Kier molecular flexibility index (Phi) is 8.92. The van der Waals surface area contributed by atoms with Crippen LogP contribution in [-0.4, -0.2) is 59.2 Å². The maximum atomic E-state index is 14.0. The summed E-state index contributed by atoms with van der Waals surface area (Å²) in [5, 5.41) is 5.78. The first kappa shape index (κ1) is 30.6. The Morgan fingerprint density at radius 3 is 2.16 bits per heavy atom. The van der Waals surface area contributed by atoms with Crippen molar-refractivity contribution in [3.63, 3.8) is 0 Å². The minimum absolute atomic E-state index is 0.0969. The second kappa shape index (κ2) is 12.8. The van der Waals surface area contributed by atoms with Crippen LogP contribution in [0.15, 0.2) is 84.0 Å². The van der Waals surface area contributed by atoms with E-state index in [0.717, 1.165) is 25.2 Å². The molecule has 0 aliphatic carbocycles. The van der Waals surface area contributed by atoms with E-state index in [0.29, 0.717) is 30.6 Å². The molecular formula is C30H33F3N8O3. The van der Waals surface area contributed by atoms with Crippen LogP contribution in [-0.2, 0) is 13.1 Å². The lowest BCUT2D eigenvalue weighted by molar-refractivity contribution is -0.274. The highest BCUT2D eigenvalue weighted by molar-refractivity contribution is 6.05. The number of hydrazone groups is 1. The van der Waals surface area contributed by atoms with E-state index < -0.39 is 17.8 Å². The largest absolute Gasteiger partial charge is 0.573 e. The normalized spacial score (nSPS) is 17.2. The van der Waals surface area contributed by atoms with Gasteiger partial charge in [0.05, 0.1) is 12.1 Å². The van der Waals surface area contributed by atoms with Gasteiger partial charge in [0.25, 0.3) is 5.91 Å². The molecule has 0 atom stereocenters. The van der Waals surface area contributed by atoms with Gasteiger partial charge < -0.3 is 15.5 Å². The van der Waals surface area contributed by atoms with Crippen molar-refractivity contribution in [1.29, 1.82) is 0 Å². The molecule has 0 bridgehead atoms. The van der Waals surface area contributed by atoms with E-state index in [1.807, 2.05) is 23.1 Å². The second-order valence-electron chi connectivity index (χ2n) is 10.8. The number of anilines is 1. The van der Waals surface area contributed by atoms with Gasteiger partial charge in [-0.15, -0.1) is 18.3 Å². The molecule has 2 saturated heterocycles. The van der Waals surface area contributed by atoms with Crippen LogP contribution in [0.4, 0.5) is 23.7 Å². The number of nitrogens with one attached hydrogen (secondary N) is 2. The summed E-state index contributed by atoms with van der Waals surface area (Å²) in [6, 6.07) is 22.1. The Balaban J connectivity index is 1.35. The standard InChI is InChI=1S/C30H33F3N8O3/c31-30(32,33)44-25-12-10-24(11-13-25)40-20-29(14-16-39(17-15-29)18-21-4-2-1-3-5-21)41(28(40)43)19-22-6-8-23(9-7-22)26(42)36-27(37-34)38-35/h1-13H,14-20,34-35H2,(H2,36,37,38,42). The fraction of sp³-hybridized carbons (Fsp3) is 0.300. The van der Waals surface area contributed by atoms with Crippen molar-refractivity contribution in [2.24, 2.45) is 16.8 Å². The van der Waals surface area contributed by atoms with Crippen molar-refractivity contribution in [2.45, 2.75) is 37.8 Å². The van der Waals surface area contributed by atoms with Crippen LogP contribution in [0.25, 0.3) is 0 Å². The summed E-state index contributed by atoms with van der Waals surface area (Å²) in [4.78, 5) is 32.3. The summed E-state index contributed by atoms with van der Waals surface area (Å²) < 4.78 is 42.1. The SMILES string of the molecule is N/N=C(\NN)NC(=O)c1ccc(CN2C(=O)N(c3ccc(OC(F)(F)F)cc3)CC23CCN(Cc2ccccc2)CC3)cc1. The summed E-state index contributed by atoms with van der Waals surface area (Å²) in [6.45, 7) is 3.01. The smallest absolute Gasteiger partial charge is 0.406 e. The van der Waals surface area contributed by atoms with Gasteiger partial charge >= 0.3 is 12.4 Å². The lowest BCUT2D eigenvalue weighted by Gasteiger charge is -2.44. The lowest BCUT2D eigenvalue weighted by Crippen LogP contribution is -2.54. The molecule has 2 fully saturated rings. The minimum atomic E-state index is -4.81. The number of ether oxygens (including phenoxy) is 1. The van der Waals surface area contributed by atoms with Crippen LogP contribution in [0.1, 0.15) is 34.3 Å². The van der Waals surface area contributed by atoms with Gasteiger partial charge in [-0.2, -0.15) is 0 Å². The number of nitrogens with zero attached hydrogens (tertiary/aromatic N) is 4. The number of urea groups is 1. The molecule has 0 radical (unpaired) electrons. The van der Waals surface area contributed by atoms with Gasteiger partial charge in [0, 0.05) is 37.4 Å². The quantitative estimate of drug-likeness (QED) is 0.139. The molecule has 11 nitrogen and oxygen atoms in total. The highest BCUT2D eigenvalue weighted by Gasteiger charge is 2.51. The van der Waals surface area contributed by atoms with Crippen molar-refractivity contribution < 1.29 is 27.5 Å². The molecule has 3 amide bonds. The molecule has 44 heavy (non-hydrogen) atoms. The van der Waals surface area contributed by atoms with Gasteiger partial charge in [0.1, 0.15) is 5.75 Å². The summed E-state index contributed by atoms with van der Waals surface area (Å²) in [5.74, 6) is 9.52. The third-order valence-electron chi connectivity index (χ3n) is 7.96. The van der Waals surface area contributed by atoms with Crippen LogP contribution >= 0.6 is 0 Å². The molecule has 1 spiro atoms. The molecule has 14 heteroatoms. The molecule has 2 aliphatic heterocycles. The van der Waals surface area contributed by atoms with Crippen LogP contribution in [0.2, 0.25) is 0 Å². The summed E-state index contributed by atoms with van der Waals surface area (Å²) in [6.07, 6.45) is -3.38. The van der Waals surface area contributed by atoms with Gasteiger partial charge in [-0.3, -0.25) is 25.3 Å². The number of alkyl halides is 3. The van der Waals surface area contributed by atoms with Gasteiger partial charge in [-0.25, -0.2) is 10.6 Å². The first-order chi connectivity index (χ1) is 21.1. The molecule has 0 saturated carbocycles. The van der Waals surface area contributed by atoms with Gasteiger partial charge in [-0.05, 0) is 60.4 Å². The molecule has 2 heterocycles. The number of carbonyl (C=O) groups excluding carboxylic acids is 2. The number of rotatable bonds is 7. The van der Waals surface area contributed by atoms with Crippen molar-refractivity contribution >= 4 is 23.6 Å². The second-order valence-corrected chi connectivity index (χ2v) is 10.8.